The predicted molar refractivity (Wildman–Crippen MR) is 132 cm³/mol. The maximum Gasteiger partial charge on any atom is 0.329 e. The van der Waals surface area contributed by atoms with Gasteiger partial charge in [-0.3, -0.25) is 0 Å². The largest absolute Gasteiger partial charge is 0.464 e. The number of nitrogens with one attached hydrogen (secondary N) is 1. The van der Waals surface area contributed by atoms with E-state index in [0.717, 1.165) is 23.0 Å². The summed E-state index contributed by atoms with van der Waals surface area (Å²) >= 11 is 3.72. The normalized spacial score (nSPS) is 19.7. The minimum absolute atomic E-state index is 0.165. The van der Waals surface area contributed by atoms with Crippen LogP contribution in [0.1, 0.15) is 47.6 Å². The molecule has 1 spiro atoms. The van der Waals surface area contributed by atoms with E-state index in [-0.39, 0.29) is 11.4 Å². The Kier molecular flexibility index (Phi) is 5.16. The van der Waals surface area contributed by atoms with Crippen LogP contribution < -0.4 is 5.32 Å². The number of anilines is 1. The average molecular weight is 490 g/mol. The molecular formula is C28H28BrNO2. The number of halogens is 1. The Labute approximate surface area is 198 Å². The molecule has 3 nitrogen and oxygen atoms in total. The number of carbonyl (C=O) groups is 1. The van der Waals surface area contributed by atoms with Gasteiger partial charge in [-0.15, -0.1) is 0 Å². The fourth-order valence-electron chi connectivity index (χ4n) is 5.70. The molecule has 0 radical (unpaired) electrons. The number of fused-ring (bicyclic) bond motifs is 1. The maximum absolute atomic E-state index is 13.3. The van der Waals surface area contributed by atoms with E-state index in [9.17, 15) is 4.79 Å². The van der Waals surface area contributed by atoms with Gasteiger partial charge in [0.2, 0.25) is 0 Å². The van der Waals surface area contributed by atoms with Gasteiger partial charge in [0, 0.05) is 15.6 Å². The van der Waals surface area contributed by atoms with Crippen molar-refractivity contribution in [3.05, 3.63) is 99.0 Å². The monoisotopic (exact) mass is 489 g/mol. The van der Waals surface area contributed by atoms with Crippen LogP contribution in [0.15, 0.2) is 71.2 Å². The molecule has 0 amide bonds. The summed E-state index contributed by atoms with van der Waals surface area (Å²) in [5.74, 6) is -0.165. The molecule has 1 atom stereocenters. The van der Waals surface area contributed by atoms with Gasteiger partial charge < -0.3 is 10.1 Å². The molecule has 0 aromatic heterocycles. The summed E-state index contributed by atoms with van der Waals surface area (Å²) in [7, 11) is 0. The lowest BCUT2D eigenvalue weighted by molar-refractivity contribution is -0.146. The van der Waals surface area contributed by atoms with E-state index in [4.69, 9.17) is 4.74 Å². The molecule has 5 rings (SSSR count). The van der Waals surface area contributed by atoms with Crippen molar-refractivity contribution >= 4 is 27.6 Å². The standard InChI is InChI=1S/C28H28BrNO2/c1-4-32-26(31)25-27(15-16-27)28(20-9-5-18(2)6-10-20,21-11-7-19(3)8-12-21)23-17-22(29)13-14-24(23)30-25/h5-14,17,25,30H,4,15-16H2,1-3H3. The third-order valence-corrected chi connectivity index (χ3v) is 7.76. The first-order valence-electron chi connectivity index (χ1n) is 11.3. The van der Waals surface area contributed by atoms with E-state index in [0.29, 0.717) is 6.61 Å². The van der Waals surface area contributed by atoms with Crippen LogP contribution >= 0.6 is 15.9 Å². The number of benzene rings is 3. The van der Waals surface area contributed by atoms with Crippen LogP contribution in [-0.4, -0.2) is 18.6 Å². The van der Waals surface area contributed by atoms with Crippen molar-refractivity contribution in [3.63, 3.8) is 0 Å². The summed E-state index contributed by atoms with van der Waals surface area (Å²) in [5.41, 5.74) is 6.33. The number of hydrogen-bond donors (Lipinski definition) is 1. The molecule has 1 N–H and O–H groups in total. The molecule has 1 unspecified atom stereocenters. The van der Waals surface area contributed by atoms with Crippen LogP contribution in [0.2, 0.25) is 0 Å². The van der Waals surface area contributed by atoms with Crippen molar-refractivity contribution in [2.45, 2.75) is 45.1 Å². The predicted octanol–water partition coefficient (Wildman–Crippen LogP) is 6.54. The van der Waals surface area contributed by atoms with E-state index in [1.54, 1.807) is 0 Å². The van der Waals surface area contributed by atoms with Crippen molar-refractivity contribution in [1.82, 2.24) is 0 Å². The topological polar surface area (TPSA) is 38.3 Å². The Hall–Kier alpha value is -2.59. The zero-order valence-corrected chi connectivity index (χ0v) is 20.3. The van der Waals surface area contributed by atoms with E-state index in [1.165, 1.54) is 27.8 Å². The molecular weight excluding hydrogens is 462 g/mol. The number of rotatable bonds is 4. The molecule has 1 aliphatic heterocycles. The maximum atomic E-state index is 13.3. The molecule has 1 fully saturated rings. The van der Waals surface area contributed by atoms with Gasteiger partial charge in [-0.1, -0.05) is 75.6 Å². The van der Waals surface area contributed by atoms with E-state index >= 15 is 0 Å². The fourth-order valence-corrected chi connectivity index (χ4v) is 6.06. The molecule has 1 aliphatic carbocycles. The molecule has 1 saturated carbocycles. The number of carbonyl (C=O) groups excluding carboxylic acids is 1. The van der Waals surface area contributed by atoms with Gasteiger partial charge in [0.05, 0.1) is 12.0 Å². The minimum atomic E-state index is -0.462. The Balaban J connectivity index is 1.88. The van der Waals surface area contributed by atoms with Gasteiger partial charge in [0.15, 0.2) is 0 Å². The van der Waals surface area contributed by atoms with E-state index in [2.05, 4.69) is 95.8 Å². The molecule has 4 heteroatoms. The molecule has 3 aromatic rings. The lowest BCUT2D eigenvalue weighted by Crippen LogP contribution is -2.56. The lowest BCUT2D eigenvalue weighted by atomic mass is 9.55. The highest BCUT2D eigenvalue weighted by Crippen LogP contribution is 2.70. The van der Waals surface area contributed by atoms with Crippen LogP contribution in [0.5, 0.6) is 0 Å². The lowest BCUT2D eigenvalue weighted by Gasteiger charge is -2.51. The summed E-state index contributed by atoms with van der Waals surface area (Å²) in [4.78, 5) is 13.3. The van der Waals surface area contributed by atoms with Gasteiger partial charge in [0.25, 0.3) is 0 Å². The Bertz CT molecular complexity index is 1120. The fraction of sp³-hybridized carbons (Fsp3) is 0.321. The van der Waals surface area contributed by atoms with Gasteiger partial charge >= 0.3 is 5.97 Å². The summed E-state index contributed by atoms with van der Waals surface area (Å²) in [6.07, 6.45) is 1.91. The Morgan fingerprint density at radius 2 is 1.53 bits per heavy atom. The first-order chi connectivity index (χ1) is 15.4. The highest BCUT2D eigenvalue weighted by Gasteiger charge is 2.69. The molecule has 164 valence electrons. The quantitative estimate of drug-likeness (QED) is 0.422. The van der Waals surface area contributed by atoms with Gasteiger partial charge in [-0.05, 0) is 68.5 Å². The van der Waals surface area contributed by atoms with Crippen LogP contribution in [0.25, 0.3) is 0 Å². The highest BCUT2D eigenvalue weighted by atomic mass is 79.9. The van der Waals surface area contributed by atoms with E-state index < -0.39 is 11.5 Å². The SMILES string of the molecule is CCOC(=O)C1Nc2ccc(Br)cc2C(c2ccc(C)cc2)(c2ccc(C)cc2)C12CC2. The summed E-state index contributed by atoms with van der Waals surface area (Å²) in [6.45, 7) is 6.48. The zero-order valence-electron chi connectivity index (χ0n) is 18.7. The molecule has 0 bridgehead atoms. The first kappa shape index (κ1) is 21.3. The number of aryl methyl sites for hydroxylation is 2. The summed E-state index contributed by atoms with van der Waals surface area (Å²) < 4.78 is 6.62. The number of ether oxygens (including phenoxy) is 1. The second kappa shape index (κ2) is 7.77. The second-order valence-corrected chi connectivity index (χ2v) is 10.1. The van der Waals surface area contributed by atoms with Crippen LogP contribution in [0.3, 0.4) is 0 Å². The van der Waals surface area contributed by atoms with Crippen LogP contribution in [0.4, 0.5) is 5.69 Å². The second-order valence-electron chi connectivity index (χ2n) is 9.16. The molecule has 2 aliphatic rings. The third kappa shape index (κ3) is 3.03. The van der Waals surface area contributed by atoms with E-state index in [1.807, 2.05) is 13.0 Å². The number of esters is 1. The van der Waals surface area contributed by atoms with Crippen LogP contribution in [-0.2, 0) is 14.9 Å². The van der Waals surface area contributed by atoms with Gasteiger partial charge in [-0.25, -0.2) is 4.79 Å². The average Bonchev–Trinajstić information content (AvgIpc) is 3.57. The third-order valence-electron chi connectivity index (χ3n) is 7.27. The van der Waals surface area contributed by atoms with Crippen molar-refractivity contribution in [1.29, 1.82) is 0 Å². The molecule has 0 saturated heterocycles. The smallest absolute Gasteiger partial charge is 0.329 e. The summed E-state index contributed by atoms with van der Waals surface area (Å²) in [5, 5.41) is 3.58. The first-order valence-corrected chi connectivity index (χ1v) is 12.1. The van der Waals surface area contributed by atoms with Crippen molar-refractivity contribution in [2.75, 3.05) is 11.9 Å². The van der Waals surface area contributed by atoms with Crippen molar-refractivity contribution in [3.8, 4) is 0 Å². The number of hydrogen-bond acceptors (Lipinski definition) is 3. The molecule has 1 heterocycles. The minimum Gasteiger partial charge on any atom is -0.464 e. The molecule has 3 aromatic carbocycles. The highest BCUT2D eigenvalue weighted by molar-refractivity contribution is 9.10. The van der Waals surface area contributed by atoms with Crippen LogP contribution in [0, 0.1) is 19.3 Å². The van der Waals surface area contributed by atoms with Crippen molar-refractivity contribution in [2.24, 2.45) is 5.41 Å². The zero-order chi connectivity index (χ0) is 22.5. The Morgan fingerprint density at radius 1 is 0.969 bits per heavy atom. The van der Waals surface area contributed by atoms with Gasteiger partial charge in [0.1, 0.15) is 6.04 Å². The Morgan fingerprint density at radius 3 is 2.03 bits per heavy atom. The molecule has 32 heavy (non-hydrogen) atoms. The summed E-state index contributed by atoms with van der Waals surface area (Å²) in [6, 6.07) is 23.6. The van der Waals surface area contributed by atoms with Crippen molar-refractivity contribution < 1.29 is 9.53 Å². The van der Waals surface area contributed by atoms with Gasteiger partial charge in [-0.2, -0.15) is 0 Å².